The normalized spacial score (nSPS) is 22.7. The fourth-order valence-corrected chi connectivity index (χ4v) is 5.37. The Morgan fingerprint density at radius 1 is 0.960 bits per heavy atom. The molecule has 0 saturated heterocycles. The van der Waals surface area contributed by atoms with Gasteiger partial charge in [-0.05, 0) is 61.3 Å². The van der Waals surface area contributed by atoms with Gasteiger partial charge in [0.2, 0.25) is 10.0 Å². The van der Waals surface area contributed by atoms with Gasteiger partial charge in [0.05, 0.1) is 9.79 Å². The maximum absolute atomic E-state index is 12.5. The van der Waals surface area contributed by atoms with Crippen molar-refractivity contribution >= 4 is 19.9 Å². The van der Waals surface area contributed by atoms with Crippen LogP contribution in [0.1, 0.15) is 52.9 Å². The molecule has 5 nitrogen and oxygen atoms in total. The molecule has 0 aromatic heterocycles. The van der Waals surface area contributed by atoms with Crippen LogP contribution in [0.4, 0.5) is 0 Å². The quantitative estimate of drug-likeness (QED) is 0.811. The Labute approximate surface area is 152 Å². The Hall–Kier alpha value is -0.920. The standard InChI is InChI=1S/C18H29NO4S2/c1-5-18(2,3)14-6-8-15(9-7-14)19-25(22,23)17-12-10-16(11-13-17)24(4,20)21/h10-15,19H,5-9H2,1-4H3. The predicted octanol–water partition coefficient (Wildman–Crippen LogP) is 3.36. The van der Waals surface area contributed by atoms with E-state index in [1.807, 2.05) is 0 Å². The number of hydrogen-bond acceptors (Lipinski definition) is 4. The van der Waals surface area contributed by atoms with Crippen LogP contribution in [0.5, 0.6) is 0 Å². The van der Waals surface area contributed by atoms with Crippen LogP contribution in [0.3, 0.4) is 0 Å². The van der Waals surface area contributed by atoms with Crippen LogP contribution in [-0.2, 0) is 19.9 Å². The molecule has 0 aliphatic heterocycles. The molecule has 25 heavy (non-hydrogen) atoms. The molecule has 7 heteroatoms. The highest BCUT2D eigenvalue weighted by Gasteiger charge is 2.33. The second-order valence-corrected chi connectivity index (χ2v) is 11.5. The van der Waals surface area contributed by atoms with Crippen LogP contribution in [0.25, 0.3) is 0 Å². The minimum atomic E-state index is -3.63. The lowest BCUT2D eigenvalue weighted by Gasteiger charge is -2.39. The molecule has 1 fully saturated rings. The van der Waals surface area contributed by atoms with Gasteiger partial charge in [-0.25, -0.2) is 21.6 Å². The average molecular weight is 388 g/mol. The average Bonchev–Trinajstić information content (AvgIpc) is 2.54. The molecule has 1 aromatic rings. The molecule has 1 saturated carbocycles. The van der Waals surface area contributed by atoms with Crippen molar-refractivity contribution < 1.29 is 16.8 Å². The molecule has 1 N–H and O–H groups in total. The molecule has 1 aliphatic rings. The summed E-state index contributed by atoms with van der Waals surface area (Å²) < 4.78 is 50.8. The molecular formula is C18H29NO4S2. The summed E-state index contributed by atoms with van der Waals surface area (Å²) in [6.45, 7) is 6.77. The minimum Gasteiger partial charge on any atom is -0.224 e. The van der Waals surface area contributed by atoms with Gasteiger partial charge in [-0.2, -0.15) is 0 Å². The number of sulfonamides is 1. The van der Waals surface area contributed by atoms with Crippen LogP contribution in [0.15, 0.2) is 34.1 Å². The van der Waals surface area contributed by atoms with Crippen LogP contribution in [0.2, 0.25) is 0 Å². The highest BCUT2D eigenvalue weighted by molar-refractivity contribution is 7.90. The van der Waals surface area contributed by atoms with E-state index in [-0.39, 0.29) is 15.8 Å². The molecule has 0 amide bonds. The van der Waals surface area contributed by atoms with E-state index in [1.165, 1.54) is 24.3 Å². The highest BCUT2D eigenvalue weighted by Crippen LogP contribution is 2.40. The number of nitrogens with one attached hydrogen (secondary N) is 1. The van der Waals surface area contributed by atoms with Crippen molar-refractivity contribution in [2.75, 3.05) is 6.26 Å². The van der Waals surface area contributed by atoms with Crippen molar-refractivity contribution in [3.63, 3.8) is 0 Å². The Morgan fingerprint density at radius 2 is 1.44 bits per heavy atom. The van der Waals surface area contributed by atoms with Crippen molar-refractivity contribution in [2.24, 2.45) is 11.3 Å². The van der Waals surface area contributed by atoms with Gasteiger partial charge in [-0.15, -0.1) is 0 Å². The highest BCUT2D eigenvalue weighted by atomic mass is 32.2. The number of hydrogen-bond donors (Lipinski definition) is 1. The Morgan fingerprint density at radius 3 is 1.88 bits per heavy atom. The van der Waals surface area contributed by atoms with Crippen LogP contribution in [-0.4, -0.2) is 29.1 Å². The largest absolute Gasteiger partial charge is 0.240 e. The van der Waals surface area contributed by atoms with Crippen molar-refractivity contribution in [1.29, 1.82) is 0 Å². The molecule has 0 atom stereocenters. The number of rotatable bonds is 6. The summed E-state index contributed by atoms with van der Waals surface area (Å²) in [5.41, 5.74) is 0.297. The van der Waals surface area contributed by atoms with E-state index < -0.39 is 19.9 Å². The predicted molar refractivity (Wildman–Crippen MR) is 99.7 cm³/mol. The topological polar surface area (TPSA) is 80.3 Å². The summed E-state index contributed by atoms with van der Waals surface area (Å²) in [6, 6.07) is 5.33. The fourth-order valence-electron chi connectivity index (χ4n) is 3.43. The molecule has 1 aliphatic carbocycles. The van der Waals surface area contributed by atoms with Crippen molar-refractivity contribution in [1.82, 2.24) is 4.72 Å². The first-order valence-electron chi connectivity index (χ1n) is 8.78. The van der Waals surface area contributed by atoms with E-state index in [0.29, 0.717) is 11.3 Å². The Balaban J connectivity index is 2.03. The van der Waals surface area contributed by atoms with Gasteiger partial charge in [0.15, 0.2) is 9.84 Å². The van der Waals surface area contributed by atoms with E-state index in [9.17, 15) is 16.8 Å². The zero-order chi connectivity index (χ0) is 18.9. The summed E-state index contributed by atoms with van der Waals surface area (Å²) in [5.74, 6) is 0.632. The van der Waals surface area contributed by atoms with Crippen molar-refractivity contribution in [3.05, 3.63) is 24.3 Å². The van der Waals surface area contributed by atoms with Crippen molar-refractivity contribution in [3.8, 4) is 0 Å². The summed E-state index contributed by atoms with van der Waals surface area (Å²) >= 11 is 0. The lowest BCUT2D eigenvalue weighted by atomic mass is 9.69. The fraction of sp³-hybridized carbons (Fsp3) is 0.667. The maximum atomic E-state index is 12.5. The summed E-state index contributed by atoms with van der Waals surface area (Å²) in [5, 5.41) is 0. The van der Waals surface area contributed by atoms with Gasteiger partial charge < -0.3 is 0 Å². The first kappa shape index (κ1) is 20.4. The van der Waals surface area contributed by atoms with Crippen LogP contribution < -0.4 is 4.72 Å². The zero-order valence-corrected chi connectivity index (χ0v) is 17.1. The molecule has 0 bridgehead atoms. The molecule has 0 radical (unpaired) electrons. The first-order valence-corrected chi connectivity index (χ1v) is 12.2. The number of benzene rings is 1. The van der Waals surface area contributed by atoms with E-state index in [2.05, 4.69) is 25.5 Å². The lowest BCUT2D eigenvalue weighted by Crippen LogP contribution is -2.39. The van der Waals surface area contributed by atoms with Crippen LogP contribution in [0, 0.1) is 11.3 Å². The van der Waals surface area contributed by atoms with E-state index in [1.54, 1.807) is 0 Å². The molecule has 142 valence electrons. The summed E-state index contributed by atoms with van der Waals surface area (Å²) in [6.07, 6.45) is 5.97. The molecule has 0 spiro atoms. The SMILES string of the molecule is CCC(C)(C)C1CCC(NS(=O)(=O)c2ccc(S(C)(=O)=O)cc2)CC1. The van der Waals surface area contributed by atoms with Crippen LogP contribution >= 0.6 is 0 Å². The van der Waals surface area contributed by atoms with Gasteiger partial charge in [0.1, 0.15) is 0 Å². The third kappa shape index (κ3) is 5.05. The lowest BCUT2D eigenvalue weighted by molar-refractivity contribution is 0.142. The molecular weight excluding hydrogens is 358 g/mol. The monoisotopic (exact) mass is 387 g/mol. The summed E-state index contributed by atoms with van der Waals surface area (Å²) in [7, 11) is -6.96. The third-order valence-electron chi connectivity index (χ3n) is 5.63. The van der Waals surface area contributed by atoms with Gasteiger partial charge in [0, 0.05) is 12.3 Å². The minimum absolute atomic E-state index is 0.0523. The Kier molecular flexibility index (Phi) is 6.01. The second-order valence-electron chi connectivity index (χ2n) is 7.76. The second kappa shape index (κ2) is 7.37. The first-order chi connectivity index (χ1) is 11.5. The van der Waals surface area contributed by atoms with Gasteiger partial charge in [-0.1, -0.05) is 27.2 Å². The van der Waals surface area contributed by atoms with Gasteiger partial charge in [0.25, 0.3) is 0 Å². The molecule has 1 aromatic carbocycles. The Bertz CT molecular complexity index is 788. The molecule has 0 heterocycles. The van der Waals surface area contributed by atoms with Gasteiger partial charge >= 0.3 is 0 Å². The van der Waals surface area contributed by atoms with E-state index >= 15 is 0 Å². The van der Waals surface area contributed by atoms with Crippen molar-refractivity contribution in [2.45, 2.75) is 68.7 Å². The molecule has 2 rings (SSSR count). The summed E-state index contributed by atoms with van der Waals surface area (Å²) in [4.78, 5) is 0.227. The van der Waals surface area contributed by atoms with Gasteiger partial charge in [-0.3, -0.25) is 0 Å². The van der Waals surface area contributed by atoms with E-state index in [0.717, 1.165) is 38.4 Å². The maximum Gasteiger partial charge on any atom is 0.240 e. The number of sulfone groups is 1. The van der Waals surface area contributed by atoms with E-state index in [4.69, 9.17) is 0 Å². The smallest absolute Gasteiger partial charge is 0.224 e. The molecule has 0 unspecified atom stereocenters. The third-order valence-corrected chi connectivity index (χ3v) is 8.29. The zero-order valence-electron chi connectivity index (χ0n) is 15.4.